The van der Waals surface area contributed by atoms with Crippen LogP contribution in [0.2, 0.25) is 0 Å². The predicted molar refractivity (Wildman–Crippen MR) is 98.3 cm³/mol. The third kappa shape index (κ3) is 3.77. The summed E-state index contributed by atoms with van der Waals surface area (Å²) in [5.74, 6) is 0.837. The maximum absolute atomic E-state index is 13.1. The lowest BCUT2D eigenvalue weighted by atomic mass is 9.64. The number of hydrogen-bond acceptors (Lipinski definition) is 3. The van der Waals surface area contributed by atoms with E-state index in [4.69, 9.17) is 0 Å². The molecule has 136 valence electrons. The molecule has 1 aliphatic carbocycles. The second kappa shape index (κ2) is 7.87. The van der Waals surface area contributed by atoms with E-state index in [0.29, 0.717) is 11.3 Å². The highest BCUT2D eigenvalue weighted by Crippen LogP contribution is 2.45. The normalized spacial score (nSPS) is 21.6. The summed E-state index contributed by atoms with van der Waals surface area (Å²) in [6, 6.07) is 1.91. The minimum atomic E-state index is -0.516. The molecule has 6 heteroatoms. The minimum Gasteiger partial charge on any atom is -0.353 e. The predicted octanol–water partition coefficient (Wildman–Crippen LogP) is 2.72. The van der Waals surface area contributed by atoms with E-state index in [0.717, 1.165) is 32.5 Å². The van der Waals surface area contributed by atoms with Gasteiger partial charge in [-0.15, -0.1) is 12.4 Å². The smallest absolute Gasteiger partial charge is 0.248 e. The van der Waals surface area contributed by atoms with Gasteiger partial charge in [0.25, 0.3) is 0 Å². The van der Waals surface area contributed by atoms with Gasteiger partial charge in [-0.2, -0.15) is 5.10 Å². The molecule has 0 bridgehead atoms. The number of carbonyl (C=O) groups is 1. The first-order chi connectivity index (χ1) is 11.1. The van der Waals surface area contributed by atoms with E-state index in [1.54, 1.807) is 6.20 Å². The number of amides is 1. The first kappa shape index (κ1) is 19.3. The van der Waals surface area contributed by atoms with E-state index >= 15 is 0 Å². The fraction of sp³-hybridized carbons (Fsp3) is 0.778. The molecular formula is C18H31ClN4O. The molecule has 2 aliphatic rings. The molecule has 0 radical (unpaired) electrons. The van der Waals surface area contributed by atoms with Crippen molar-refractivity contribution >= 4 is 18.3 Å². The standard InChI is InChI=1S/C18H30N4O.ClH/c1-15(2)13-17(5-3-6-17)14-20-16(23)18(7-10-19-11-8-18)22-12-4-9-21-22;/h4,9,12,15,19H,3,5-8,10-11,13-14H2,1-2H3,(H,20,23);1H. The fourth-order valence-corrected chi connectivity index (χ4v) is 4.35. The summed E-state index contributed by atoms with van der Waals surface area (Å²) in [5.41, 5.74) is -0.181. The van der Waals surface area contributed by atoms with Gasteiger partial charge in [0.2, 0.25) is 5.91 Å². The Balaban J connectivity index is 0.00000208. The molecule has 3 rings (SSSR count). The van der Waals surface area contributed by atoms with E-state index < -0.39 is 5.54 Å². The van der Waals surface area contributed by atoms with Crippen LogP contribution in [0.25, 0.3) is 0 Å². The Morgan fingerprint density at radius 3 is 2.50 bits per heavy atom. The van der Waals surface area contributed by atoms with Crippen LogP contribution in [0.15, 0.2) is 18.5 Å². The van der Waals surface area contributed by atoms with Crippen LogP contribution in [0, 0.1) is 11.3 Å². The molecule has 1 aliphatic heterocycles. The molecule has 1 saturated carbocycles. The third-order valence-electron chi connectivity index (χ3n) is 5.68. The van der Waals surface area contributed by atoms with E-state index in [9.17, 15) is 4.79 Å². The molecular weight excluding hydrogens is 324 g/mol. The minimum absolute atomic E-state index is 0. The van der Waals surface area contributed by atoms with Crippen molar-refractivity contribution in [1.82, 2.24) is 20.4 Å². The average molecular weight is 355 g/mol. The summed E-state index contributed by atoms with van der Waals surface area (Å²) in [6.07, 6.45) is 10.3. The largest absolute Gasteiger partial charge is 0.353 e. The van der Waals surface area contributed by atoms with Crippen LogP contribution < -0.4 is 10.6 Å². The Hall–Kier alpha value is -1.07. The van der Waals surface area contributed by atoms with Gasteiger partial charge < -0.3 is 10.6 Å². The zero-order chi connectivity index (χ0) is 16.3. The molecule has 2 fully saturated rings. The Labute approximate surface area is 151 Å². The lowest BCUT2D eigenvalue weighted by Gasteiger charge is -2.44. The molecule has 0 atom stereocenters. The van der Waals surface area contributed by atoms with Crippen LogP contribution in [-0.4, -0.2) is 35.3 Å². The van der Waals surface area contributed by atoms with Crippen molar-refractivity contribution in [2.24, 2.45) is 11.3 Å². The van der Waals surface area contributed by atoms with Crippen LogP contribution in [-0.2, 0) is 10.3 Å². The zero-order valence-corrected chi connectivity index (χ0v) is 15.7. The number of rotatable bonds is 6. The maximum Gasteiger partial charge on any atom is 0.248 e. The molecule has 24 heavy (non-hydrogen) atoms. The van der Waals surface area contributed by atoms with Gasteiger partial charge >= 0.3 is 0 Å². The molecule has 0 spiro atoms. The molecule has 0 unspecified atom stereocenters. The van der Waals surface area contributed by atoms with Crippen molar-refractivity contribution in [3.63, 3.8) is 0 Å². The maximum atomic E-state index is 13.1. The summed E-state index contributed by atoms with van der Waals surface area (Å²) in [7, 11) is 0. The first-order valence-electron chi connectivity index (χ1n) is 9.06. The second-order valence-electron chi connectivity index (χ2n) is 7.87. The molecule has 1 aromatic heterocycles. The Morgan fingerprint density at radius 2 is 2.00 bits per heavy atom. The van der Waals surface area contributed by atoms with Gasteiger partial charge in [-0.05, 0) is 62.6 Å². The summed E-state index contributed by atoms with van der Waals surface area (Å²) >= 11 is 0. The molecule has 0 aromatic carbocycles. The number of nitrogens with zero attached hydrogens (tertiary/aromatic N) is 2. The first-order valence-corrected chi connectivity index (χ1v) is 9.06. The molecule has 2 heterocycles. The molecule has 5 nitrogen and oxygen atoms in total. The Kier molecular flexibility index (Phi) is 6.32. The summed E-state index contributed by atoms with van der Waals surface area (Å²) < 4.78 is 1.87. The highest BCUT2D eigenvalue weighted by Gasteiger charge is 2.44. The van der Waals surface area contributed by atoms with Crippen molar-refractivity contribution in [3.8, 4) is 0 Å². The van der Waals surface area contributed by atoms with Crippen molar-refractivity contribution in [3.05, 3.63) is 18.5 Å². The van der Waals surface area contributed by atoms with Crippen LogP contribution in [0.1, 0.15) is 52.4 Å². The van der Waals surface area contributed by atoms with Crippen molar-refractivity contribution < 1.29 is 4.79 Å². The van der Waals surface area contributed by atoms with Crippen LogP contribution >= 0.6 is 12.4 Å². The van der Waals surface area contributed by atoms with Crippen LogP contribution in [0.5, 0.6) is 0 Å². The van der Waals surface area contributed by atoms with Crippen molar-refractivity contribution in [2.75, 3.05) is 19.6 Å². The molecule has 1 amide bonds. The highest BCUT2D eigenvalue weighted by atomic mass is 35.5. The summed E-state index contributed by atoms with van der Waals surface area (Å²) in [4.78, 5) is 13.1. The lowest BCUT2D eigenvalue weighted by molar-refractivity contribution is -0.133. The quantitative estimate of drug-likeness (QED) is 0.825. The average Bonchev–Trinajstić information content (AvgIpc) is 3.04. The van der Waals surface area contributed by atoms with E-state index in [-0.39, 0.29) is 18.3 Å². The van der Waals surface area contributed by atoms with Gasteiger partial charge in [0.1, 0.15) is 5.54 Å². The van der Waals surface area contributed by atoms with Gasteiger partial charge in [0.05, 0.1) is 0 Å². The Bertz CT molecular complexity index is 519. The summed E-state index contributed by atoms with van der Waals surface area (Å²) in [6.45, 7) is 7.11. The lowest BCUT2D eigenvalue weighted by Crippen LogP contribution is -2.56. The van der Waals surface area contributed by atoms with Gasteiger partial charge in [-0.1, -0.05) is 20.3 Å². The van der Waals surface area contributed by atoms with Gasteiger partial charge in [0.15, 0.2) is 0 Å². The zero-order valence-electron chi connectivity index (χ0n) is 14.9. The number of aromatic nitrogens is 2. The number of piperidine rings is 1. The number of hydrogen-bond donors (Lipinski definition) is 2. The molecule has 1 aromatic rings. The third-order valence-corrected chi connectivity index (χ3v) is 5.68. The number of nitrogens with one attached hydrogen (secondary N) is 2. The van der Waals surface area contributed by atoms with Crippen LogP contribution in [0.3, 0.4) is 0 Å². The van der Waals surface area contributed by atoms with Gasteiger partial charge in [0, 0.05) is 18.9 Å². The van der Waals surface area contributed by atoms with E-state index in [2.05, 4.69) is 29.6 Å². The van der Waals surface area contributed by atoms with Crippen molar-refractivity contribution in [2.45, 2.75) is 57.9 Å². The molecule has 1 saturated heterocycles. The Morgan fingerprint density at radius 1 is 1.29 bits per heavy atom. The number of halogens is 1. The highest BCUT2D eigenvalue weighted by molar-refractivity contribution is 5.85. The van der Waals surface area contributed by atoms with E-state index in [1.807, 2.05) is 16.9 Å². The SMILES string of the molecule is CC(C)CC1(CNC(=O)C2(n3cccn3)CCNCC2)CCC1.Cl. The van der Waals surface area contributed by atoms with Gasteiger partial charge in [-0.25, -0.2) is 0 Å². The van der Waals surface area contributed by atoms with Crippen LogP contribution in [0.4, 0.5) is 0 Å². The van der Waals surface area contributed by atoms with E-state index in [1.165, 1.54) is 25.7 Å². The van der Waals surface area contributed by atoms with Crippen molar-refractivity contribution in [1.29, 1.82) is 0 Å². The monoisotopic (exact) mass is 354 g/mol. The topological polar surface area (TPSA) is 59.0 Å². The number of carbonyl (C=O) groups excluding carboxylic acids is 1. The summed E-state index contributed by atoms with van der Waals surface area (Å²) in [5, 5.41) is 11.0. The second-order valence-corrected chi connectivity index (χ2v) is 7.87. The fourth-order valence-electron chi connectivity index (χ4n) is 4.35. The molecule has 2 N–H and O–H groups in total. The van der Waals surface area contributed by atoms with Gasteiger partial charge in [-0.3, -0.25) is 9.48 Å².